The summed E-state index contributed by atoms with van der Waals surface area (Å²) in [6, 6.07) is 3.73. The molecule has 1 aromatic carbocycles. The van der Waals surface area contributed by atoms with Gasteiger partial charge in [0, 0.05) is 0 Å². The molecule has 0 amide bonds. The second-order valence-electron chi connectivity index (χ2n) is 3.82. The second kappa shape index (κ2) is 5.34. The van der Waals surface area contributed by atoms with Gasteiger partial charge in [0.25, 0.3) is 0 Å². The highest BCUT2D eigenvalue weighted by Gasteiger charge is 2.30. The molecule has 0 saturated heterocycles. The van der Waals surface area contributed by atoms with E-state index >= 15 is 0 Å². The maximum atomic E-state index is 12.8. The van der Waals surface area contributed by atoms with Crippen LogP contribution in [0.1, 0.15) is 20.3 Å². The van der Waals surface area contributed by atoms with Crippen molar-refractivity contribution in [3.63, 3.8) is 0 Å². The van der Waals surface area contributed by atoms with Gasteiger partial charge in [-0.1, -0.05) is 12.4 Å². The van der Waals surface area contributed by atoms with Gasteiger partial charge in [0.05, 0.1) is 19.0 Å². The predicted octanol–water partition coefficient (Wildman–Crippen LogP) is 2.93. The van der Waals surface area contributed by atoms with E-state index in [9.17, 15) is 12.9 Å². The lowest BCUT2D eigenvalue weighted by Gasteiger charge is -2.23. The largest absolute Gasteiger partial charge is 0.513 e. The molecule has 0 heterocycles. The van der Waals surface area contributed by atoms with Crippen LogP contribution >= 0.6 is 0 Å². The Hall–Kier alpha value is -1.33. The molecule has 1 rings (SSSR count). The van der Waals surface area contributed by atoms with Crippen LogP contribution in [-0.2, 0) is 0 Å². The van der Waals surface area contributed by atoms with Crippen molar-refractivity contribution in [2.75, 3.05) is 7.11 Å². The van der Waals surface area contributed by atoms with Gasteiger partial charge in [-0.25, -0.2) is 0 Å². The van der Waals surface area contributed by atoms with E-state index in [0.29, 0.717) is 6.42 Å². The van der Waals surface area contributed by atoms with Crippen LogP contribution in [-0.4, -0.2) is 20.2 Å². The van der Waals surface area contributed by atoms with Crippen molar-refractivity contribution in [1.29, 1.82) is 0 Å². The zero-order chi connectivity index (χ0) is 13.1. The first kappa shape index (κ1) is 13.7. The van der Waals surface area contributed by atoms with Crippen molar-refractivity contribution in [2.45, 2.75) is 26.4 Å². The topological polar surface area (TPSA) is 18.5 Å². The number of rotatable bonds is 5. The zero-order valence-corrected chi connectivity index (χ0v) is 10.0. The van der Waals surface area contributed by atoms with E-state index in [0.717, 1.165) is 6.07 Å². The molecule has 0 fully saturated rings. The summed E-state index contributed by atoms with van der Waals surface area (Å²) in [4.78, 5) is 0. The Morgan fingerprint density at radius 1 is 1.29 bits per heavy atom. The average Bonchev–Trinajstić information content (AvgIpc) is 2.28. The molecule has 6 heteroatoms. The van der Waals surface area contributed by atoms with Gasteiger partial charge >= 0.3 is 6.98 Å². The quantitative estimate of drug-likeness (QED) is 0.744. The molecular formula is C11H15BF3O2-. The van der Waals surface area contributed by atoms with E-state index < -0.39 is 12.4 Å². The van der Waals surface area contributed by atoms with Gasteiger partial charge in [-0.3, -0.25) is 0 Å². The number of halogens is 3. The zero-order valence-electron chi connectivity index (χ0n) is 10.0. The number of ether oxygens (including phenoxy) is 2. The summed E-state index contributed by atoms with van der Waals surface area (Å²) in [5.74, 6) is 0.0448. The van der Waals surface area contributed by atoms with Gasteiger partial charge in [-0.2, -0.15) is 0 Å². The molecule has 1 atom stereocenters. The normalized spacial score (nSPS) is 13.3. The van der Waals surface area contributed by atoms with Crippen molar-refractivity contribution >= 4 is 12.4 Å². The summed E-state index contributed by atoms with van der Waals surface area (Å²) >= 11 is 0. The molecule has 0 aromatic heterocycles. The highest BCUT2D eigenvalue weighted by Crippen LogP contribution is 2.23. The molecule has 0 saturated carbocycles. The van der Waals surface area contributed by atoms with Gasteiger partial charge < -0.3 is 22.4 Å². The molecule has 0 bridgehead atoms. The first-order chi connectivity index (χ1) is 7.88. The van der Waals surface area contributed by atoms with Crippen LogP contribution in [0.5, 0.6) is 11.5 Å². The summed E-state index contributed by atoms with van der Waals surface area (Å²) in [7, 11) is 1.33. The van der Waals surface area contributed by atoms with Crippen LogP contribution in [0.15, 0.2) is 18.2 Å². The maximum absolute atomic E-state index is 12.8. The van der Waals surface area contributed by atoms with Crippen molar-refractivity contribution in [3.05, 3.63) is 18.2 Å². The molecule has 1 unspecified atom stereocenters. The summed E-state index contributed by atoms with van der Waals surface area (Å²) in [5, 5.41) is 0. The Morgan fingerprint density at radius 3 is 2.41 bits per heavy atom. The smallest absolute Gasteiger partial charge is 0.497 e. The van der Waals surface area contributed by atoms with Crippen LogP contribution in [0.2, 0.25) is 0 Å². The third kappa shape index (κ3) is 3.58. The molecule has 0 aliphatic carbocycles. The molecule has 0 spiro atoms. The fourth-order valence-corrected chi connectivity index (χ4v) is 1.32. The van der Waals surface area contributed by atoms with Gasteiger partial charge in [0.1, 0.15) is 5.75 Å². The fourth-order valence-electron chi connectivity index (χ4n) is 1.32. The summed E-state index contributed by atoms with van der Waals surface area (Å²) < 4.78 is 48.6. The van der Waals surface area contributed by atoms with Crippen LogP contribution in [0.25, 0.3) is 0 Å². The Labute approximate surface area is 98.8 Å². The summed E-state index contributed by atoms with van der Waals surface area (Å²) in [6.07, 6.45) is 0.399. The highest BCUT2D eigenvalue weighted by atomic mass is 19.4. The van der Waals surface area contributed by atoms with Crippen LogP contribution in [0.4, 0.5) is 12.9 Å². The molecule has 0 radical (unpaired) electrons. The fraction of sp³-hybridized carbons (Fsp3) is 0.455. The minimum absolute atomic E-state index is 0.132. The monoisotopic (exact) mass is 247 g/mol. The lowest BCUT2D eigenvalue weighted by molar-refractivity contribution is 0.218. The van der Waals surface area contributed by atoms with E-state index in [2.05, 4.69) is 0 Å². The lowest BCUT2D eigenvalue weighted by atomic mass is 9.79. The minimum Gasteiger partial charge on any atom is -0.497 e. The molecule has 0 aliphatic heterocycles. The van der Waals surface area contributed by atoms with E-state index in [1.165, 1.54) is 19.2 Å². The molecule has 96 valence electrons. The lowest BCUT2D eigenvalue weighted by Crippen LogP contribution is -2.36. The van der Waals surface area contributed by atoms with E-state index in [1.807, 2.05) is 6.92 Å². The Morgan fingerprint density at radius 2 is 1.94 bits per heavy atom. The first-order valence-electron chi connectivity index (χ1n) is 5.43. The SMILES string of the molecule is CCC(C)Oc1ccc(OC)cc1[B-](F)(F)F. The van der Waals surface area contributed by atoms with E-state index in [4.69, 9.17) is 9.47 Å². The Kier molecular flexibility index (Phi) is 4.31. The van der Waals surface area contributed by atoms with Crippen molar-refractivity contribution in [3.8, 4) is 11.5 Å². The summed E-state index contributed by atoms with van der Waals surface area (Å²) in [5.41, 5.74) is -0.746. The third-order valence-corrected chi connectivity index (χ3v) is 2.47. The predicted molar refractivity (Wildman–Crippen MR) is 62.1 cm³/mol. The van der Waals surface area contributed by atoms with Crippen LogP contribution in [0.3, 0.4) is 0 Å². The second-order valence-corrected chi connectivity index (χ2v) is 3.82. The standard InChI is InChI=1S/C11H15BF3O2/c1-4-8(2)17-11-6-5-9(16-3)7-10(11)12(13,14)15/h5-8H,4H2,1-3H3/q-1. The highest BCUT2D eigenvalue weighted by molar-refractivity contribution is 6.74. The maximum Gasteiger partial charge on any atom is 0.513 e. The molecular weight excluding hydrogens is 232 g/mol. The van der Waals surface area contributed by atoms with Gasteiger partial charge in [0.2, 0.25) is 0 Å². The number of hydrogen-bond donors (Lipinski definition) is 0. The number of hydrogen-bond acceptors (Lipinski definition) is 2. The van der Waals surface area contributed by atoms with Crippen molar-refractivity contribution < 1.29 is 22.4 Å². The van der Waals surface area contributed by atoms with Crippen LogP contribution in [0, 0.1) is 0 Å². The minimum atomic E-state index is -5.11. The molecule has 17 heavy (non-hydrogen) atoms. The van der Waals surface area contributed by atoms with Crippen molar-refractivity contribution in [1.82, 2.24) is 0 Å². The average molecular weight is 247 g/mol. The summed E-state index contributed by atoms with van der Waals surface area (Å²) in [6.45, 7) is -1.52. The Bertz CT molecular complexity index is 379. The number of methoxy groups -OCH3 is 1. The van der Waals surface area contributed by atoms with Gasteiger partial charge in [0.15, 0.2) is 0 Å². The molecule has 0 aliphatic rings. The molecule has 1 aromatic rings. The Balaban J connectivity index is 3.11. The number of benzene rings is 1. The van der Waals surface area contributed by atoms with Crippen molar-refractivity contribution in [2.24, 2.45) is 0 Å². The molecule has 2 nitrogen and oxygen atoms in total. The third-order valence-electron chi connectivity index (χ3n) is 2.47. The van der Waals surface area contributed by atoms with Gasteiger partial charge in [-0.15, -0.1) is 0 Å². The molecule has 0 N–H and O–H groups in total. The first-order valence-corrected chi connectivity index (χ1v) is 5.43. The van der Waals surface area contributed by atoms with Gasteiger partial charge in [-0.05, 0) is 31.5 Å². The van der Waals surface area contributed by atoms with E-state index in [1.54, 1.807) is 6.92 Å². The van der Waals surface area contributed by atoms with Crippen LogP contribution < -0.4 is 14.9 Å². The van der Waals surface area contributed by atoms with E-state index in [-0.39, 0.29) is 17.6 Å².